The van der Waals surface area contributed by atoms with Crippen LogP contribution in [0.3, 0.4) is 0 Å². The Morgan fingerprint density at radius 1 is 0.564 bits per heavy atom. The second-order valence-electron chi connectivity index (χ2n) is 16.4. The molecule has 2 atom stereocenters. The van der Waals surface area contributed by atoms with Gasteiger partial charge < -0.3 is 27.9 Å². The van der Waals surface area contributed by atoms with Gasteiger partial charge in [-0.2, -0.15) is 0 Å². The number of hydrogen-bond donors (Lipinski definition) is 0. The van der Waals surface area contributed by atoms with Gasteiger partial charge in [-0.1, -0.05) is 159 Å². The van der Waals surface area contributed by atoms with Gasteiger partial charge in [0.05, 0.1) is 34.4 Å². The Morgan fingerprint density at radius 3 is 1.55 bits per heavy atom. The van der Waals surface area contributed by atoms with E-state index in [1.54, 1.807) is 0 Å². The zero-order valence-electron chi connectivity index (χ0n) is 36.6. The highest BCUT2D eigenvalue weighted by atomic mass is 31.2. The number of phosphoric acid groups is 1. The molecule has 0 aliphatic carbocycles. The van der Waals surface area contributed by atoms with Crippen molar-refractivity contribution < 1.29 is 37.3 Å². The van der Waals surface area contributed by atoms with Crippen molar-refractivity contribution in [3.63, 3.8) is 0 Å². The van der Waals surface area contributed by atoms with E-state index in [1.807, 2.05) is 21.1 Å². The van der Waals surface area contributed by atoms with E-state index in [4.69, 9.17) is 18.5 Å². The lowest BCUT2D eigenvalue weighted by atomic mass is 10.1. The second kappa shape index (κ2) is 39.5. The summed E-state index contributed by atoms with van der Waals surface area (Å²) < 4.78 is 34.6. The molecule has 0 spiro atoms. The van der Waals surface area contributed by atoms with Gasteiger partial charge in [-0.3, -0.25) is 9.36 Å². The number of hydrogen-bond acceptors (Lipinski definition) is 7. The second-order valence-corrected chi connectivity index (χ2v) is 17.8. The van der Waals surface area contributed by atoms with Gasteiger partial charge in [-0.05, 0) is 64.2 Å². The number of likely N-dealkylation sites (N-methyl/N-ethyl adjacent to an activating group) is 1. The number of phosphoric ester groups is 1. The summed E-state index contributed by atoms with van der Waals surface area (Å²) in [6, 6.07) is 0. The minimum atomic E-state index is -4.53. The number of quaternary nitrogens is 1. The predicted octanol–water partition coefficient (Wildman–Crippen LogP) is 12.8. The first kappa shape index (κ1) is 53.7. The summed E-state index contributed by atoms with van der Waals surface area (Å²) in [6.45, 7) is 5.35. The normalized spacial score (nSPS) is 14.1. The van der Waals surface area contributed by atoms with Gasteiger partial charge in [0.25, 0.3) is 7.82 Å². The van der Waals surface area contributed by atoms with Gasteiger partial charge >= 0.3 is 5.97 Å². The third-order valence-corrected chi connectivity index (χ3v) is 10.6. The van der Waals surface area contributed by atoms with Crippen LogP contribution in [-0.4, -0.2) is 70.7 Å². The van der Waals surface area contributed by atoms with Gasteiger partial charge in [0.15, 0.2) is 0 Å². The van der Waals surface area contributed by atoms with E-state index in [0.29, 0.717) is 24.1 Å². The molecule has 0 saturated heterocycles. The third kappa shape index (κ3) is 43.7. The van der Waals surface area contributed by atoms with Gasteiger partial charge in [-0.25, -0.2) is 0 Å². The molecule has 9 heteroatoms. The molecule has 0 radical (unpaired) electrons. The van der Waals surface area contributed by atoms with Crippen molar-refractivity contribution in [2.75, 3.05) is 54.1 Å². The fourth-order valence-electron chi connectivity index (χ4n) is 6.09. The van der Waals surface area contributed by atoms with Gasteiger partial charge in [-0.15, -0.1) is 0 Å². The van der Waals surface area contributed by atoms with Crippen LogP contribution in [0.25, 0.3) is 0 Å². The summed E-state index contributed by atoms with van der Waals surface area (Å²) in [5, 5.41) is 0. The largest absolute Gasteiger partial charge is 0.756 e. The molecule has 324 valence electrons. The highest BCUT2D eigenvalue weighted by molar-refractivity contribution is 7.45. The molecule has 0 aliphatic heterocycles. The Kier molecular flexibility index (Phi) is 38.6. The van der Waals surface area contributed by atoms with Crippen molar-refractivity contribution in [2.45, 2.75) is 200 Å². The molecule has 8 nitrogen and oxygen atoms in total. The summed E-state index contributed by atoms with van der Waals surface area (Å²) >= 11 is 0. The molecule has 0 N–H and O–H groups in total. The van der Waals surface area contributed by atoms with Crippen LogP contribution in [0.5, 0.6) is 0 Å². The Labute approximate surface area is 340 Å². The molecule has 0 aromatic carbocycles. The van der Waals surface area contributed by atoms with Crippen molar-refractivity contribution >= 4 is 13.8 Å². The van der Waals surface area contributed by atoms with Crippen LogP contribution < -0.4 is 4.89 Å². The lowest BCUT2D eigenvalue weighted by Gasteiger charge is -2.28. The summed E-state index contributed by atoms with van der Waals surface area (Å²) in [5.74, 6) is -0.349. The van der Waals surface area contributed by atoms with Crippen LogP contribution in [0.2, 0.25) is 0 Å². The zero-order chi connectivity index (χ0) is 40.6. The molecule has 0 heterocycles. The molecule has 55 heavy (non-hydrogen) atoms. The van der Waals surface area contributed by atoms with E-state index in [9.17, 15) is 14.3 Å². The monoisotopic (exact) mass is 798 g/mol. The van der Waals surface area contributed by atoms with Crippen LogP contribution in [-0.2, 0) is 27.9 Å². The highest BCUT2D eigenvalue weighted by Gasteiger charge is 2.20. The van der Waals surface area contributed by atoms with Crippen molar-refractivity contribution in [2.24, 2.45) is 0 Å². The number of rotatable bonds is 42. The Morgan fingerprint density at radius 2 is 1.02 bits per heavy atom. The molecule has 0 amide bonds. The molecule has 0 aromatic rings. The number of nitrogens with zero attached hydrogens (tertiary/aromatic N) is 1. The van der Waals surface area contributed by atoms with Crippen molar-refractivity contribution in [3.8, 4) is 0 Å². The van der Waals surface area contributed by atoms with Crippen molar-refractivity contribution in [1.82, 2.24) is 0 Å². The molecule has 0 fully saturated rings. The molecular formula is C46H88NO7P. The number of carbonyl (C=O) groups excluding carboxylic acids is 1. The Bertz CT molecular complexity index is 978. The summed E-state index contributed by atoms with van der Waals surface area (Å²) in [7, 11) is 1.34. The van der Waals surface area contributed by atoms with E-state index in [0.717, 1.165) is 57.8 Å². The van der Waals surface area contributed by atoms with Crippen LogP contribution in [0.1, 0.15) is 194 Å². The fraction of sp³-hybridized carbons (Fsp3) is 0.848. The summed E-state index contributed by atoms with van der Waals surface area (Å²) in [6.07, 6.45) is 45.8. The van der Waals surface area contributed by atoms with Crippen LogP contribution in [0.15, 0.2) is 36.5 Å². The first-order valence-electron chi connectivity index (χ1n) is 22.7. The van der Waals surface area contributed by atoms with Gasteiger partial charge in [0, 0.05) is 13.0 Å². The average molecular weight is 798 g/mol. The van der Waals surface area contributed by atoms with E-state index in [-0.39, 0.29) is 25.8 Å². The van der Waals surface area contributed by atoms with Crippen molar-refractivity contribution in [3.05, 3.63) is 36.5 Å². The fourth-order valence-corrected chi connectivity index (χ4v) is 6.82. The van der Waals surface area contributed by atoms with Crippen LogP contribution in [0, 0.1) is 0 Å². The first-order chi connectivity index (χ1) is 26.6. The summed E-state index contributed by atoms with van der Waals surface area (Å²) in [5.41, 5.74) is 0. The number of unbranched alkanes of at least 4 members (excludes halogenated alkanes) is 22. The number of allylic oxidation sites excluding steroid dienone is 6. The Balaban J connectivity index is 4.21. The lowest BCUT2D eigenvalue weighted by molar-refractivity contribution is -0.870. The SMILES string of the molecule is CCCC/C=C\C/C=C\CCCCCCCC(=O)OC(COCCCCCCCCCC/C=C\CCCCCCCCC)COP(=O)([O-])OCC[N+](C)(C)C. The Hall–Kier alpha value is -1.28. The topological polar surface area (TPSA) is 94.1 Å². The molecule has 2 unspecified atom stereocenters. The minimum Gasteiger partial charge on any atom is -0.756 e. The maximum atomic E-state index is 12.7. The number of esters is 1. The smallest absolute Gasteiger partial charge is 0.306 e. The quantitative estimate of drug-likeness (QED) is 0.0200. The standard InChI is InChI=1S/C46H88NO7P/c1-6-8-10-12-14-16-18-20-22-23-24-25-26-28-30-32-34-36-38-41-51-43-45(44-53-55(49,50)52-42-40-47(3,4)5)54-46(48)39-37-35-33-31-29-27-21-19-17-15-13-11-9-7-2/h13,15,19,21-23,45H,6-12,14,16-18,20,24-44H2,1-5H3/b15-13-,21-19-,23-22-. The molecule has 0 saturated carbocycles. The predicted molar refractivity (Wildman–Crippen MR) is 231 cm³/mol. The van der Waals surface area contributed by atoms with E-state index < -0.39 is 13.9 Å². The van der Waals surface area contributed by atoms with Gasteiger partial charge in [0.1, 0.15) is 19.3 Å². The van der Waals surface area contributed by atoms with E-state index in [2.05, 4.69) is 50.3 Å². The van der Waals surface area contributed by atoms with E-state index in [1.165, 1.54) is 116 Å². The average Bonchev–Trinajstić information content (AvgIpc) is 3.13. The third-order valence-electron chi connectivity index (χ3n) is 9.66. The van der Waals surface area contributed by atoms with E-state index >= 15 is 0 Å². The molecule has 0 rings (SSSR count). The molecule has 0 bridgehead atoms. The maximum absolute atomic E-state index is 12.7. The van der Waals surface area contributed by atoms with Gasteiger partial charge in [0.2, 0.25) is 0 Å². The summed E-state index contributed by atoms with van der Waals surface area (Å²) in [4.78, 5) is 25.0. The first-order valence-corrected chi connectivity index (χ1v) is 24.2. The highest BCUT2D eigenvalue weighted by Crippen LogP contribution is 2.38. The molecular weight excluding hydrogens is 709 g/mol. The minimum absolute atomic E-state index is 0.0226. The number of carbonyl (C=O) groups is 1. The van der Waals surface area contributed by atoms with Crippen LogP contribution >= 0.6 is 7.82 Å². The zero-order valence-corrected chi connectivity index (χ0v) is 37.5. The van der Waals surface area contributed by atoms with Crippen LogP contribution in [0.4, 0.5) is 0 Å². The molecule has 0 aliphatic rings. The molecule has 0 aromatic heterocycles. The number of ether oxygens (including phenoxy) is 2. The maximum Gasteiger partial charge on any atom is 0.306 e. The van der Waals surface area contributed by atoms with Crippen molar-refractivity contribution in [1.29, 1.82) is 0 Å². The lowest BCUT2D eigenvalue weighted by Crippen LogP contribution is -2.37.